The van der Waals surface area contributed by atoms with Gasteiger partial charge in [-0.3, -0.25) is 4.79 Å². The van der Waals surface area contributed by atoms with Crippen molar-refractivity contribution in [2.45, 2.75) is 44.2 Å². The second kappa shape index (κ2) is 4.68. The summed E-state index contributed by atoms with van der Waals surface area (Å²) in [5.41, 5.74) is 0. The van der Waals surface area contributed by atoms with Gasteiger partial charge in [-0.1, -0.05) is 0 Å². The van der Waals surface area contributed by atoms with Gasteiger partial charge in [-0.25, -0.2) is 0 Å². The first kappa shape index (κ1) is 13.3. The molecule has 0 aromatic carbocycles. The van der Waals surface area contributed by atoms with E-state index in [-0.39, 0.29) is 5.91 Å². The Labute approximate surface area is 111 Å². The molecule has 0 spiro atoms. The number of ether oxygens (including phenoxy) is 4. The number of aliphatic hydroxyl groups excluding tert-OH is 1. The third kappa shape index (κ3) is 2.36. The zero-order valence-electron chi connectivity index (χ0n) is 11.1. The number of carbonyl (C=O) groups is 1. The van der Waals surface area contributed by atoms with Crippen LogP contribution in [-0.2, 0) is 23.7 Å². The first-order valence-electron chi connectivity index (χ1n) is 6.54. The van der Waals surface area contributed by atoms with Crippen LogP contribution >= 0.6 is 0 Å². The molecule has 7 heteroatoms. The highest BCUT2D eigenvalue weighted by atomic mass is 16.8. The Morgan fingerprint density at radius 2 is 1.95 bits per heavy atom. The third-order valence-electron chi connectivity index (χ3n) is 3.58. The van der Waals surface area contributed by atoms with Crippen LogP contribution in [0.15, 0.2) is 0 Å². The Morgan fingerprint density at radius 3 is 2.58 bits per heavy atom. The Balaban J connectivity index is 1.66. The van der Waals surface area contributed by atoms with E-state index in [1.807, 2.05) is 0 Å². The van der Waals surface area contributed by atoms with E-state index in [4.69, 9.17) is 18.9 Å². The monoisotopic (exact) mass is 273 g/mol. The molecule has 0 aromatic rings. The zero-order chi connectivity index (χ0) is 13.6. The largest absolute Gasteiger partial charge is 0.387 e. The molecule has 0 bridgehead atoms. The van der Waals surface area contributed by atoms with Crippen molar-refractivity contribution >= 4 is 5.91 Å². The fourth-order valence-electron chi connectivity index (χ4n) is 2.66. The number of nitrogens with zero attached hydrogens (tertiary/aromatic N) is 1. The van der Waals surface area contributed by atoms with E-state index in [1.165, 1.54) is 0 Å². The van der Waals surface area contributed by atoms with Crippen LogP contribution in [0.5, 0.6) is 0 Å². The summed E-state index contributed by atoms with van der Waals surface area (Å²) < 4.78 is 21.8. The average Bonchev–Trinajstić information content (AvgIpc) is 2.84. The third-order valence-corrected chi connectivity index (χ3v) is 3.58. The maximum atomic E-state index is 12.3. The van der Waals surface area contributed by atoms with Gasteiger partial charge in [-0.2, -0.15) is 0 Å². The lowest BCUT2D eigenvalue weighted by atomic mass is 10.1. The molecule has 0 saturated carbocycles. The van der Waals surface area contributed by atoms with Gasteiger partial charge in [-0.05, 0) is 13.8 Å². The van der Waals surface area contributed by atoms with E-state index < -0.39 is 30.4 Å². The fraction of sp³-hybridized carbons (Fsp3) is 0.917. The molecule has 3 heterocycles. The Bertz CT molecular complexity index is 367. The molecule has 3 aliphatic rings. The summed E-state index contributed by atoms with van der Waals surface area (Å²) in [6, 6.07) is 0. The lowest BCUT2D eigenvalue weighted by Gasteiger charge is -2.30. The quantitative estimate of drug-likeness (QED) is 0.666. The predicted octanol–water partition coefficient (Wildman–Crippen LogP) is -0.917. The molecule has 3 saturated heterocycles. The van der Waals surface area contributed by atoms with Gasteiger partial charge in [-0.15, -0.1) is 0 Å². The smallest absolute Gasteiger partial charge is 0.254 e. The number of aliphatic hydroxyl groups is 1. The number of hydrogen-bond acceptors (Lipinski definition) is 6. The topological polar surface area (TPSA) is 77.5 Å². The summed E-state index contributed by atoms with van der Waals surface area (Å²) in [7, 11) is 0. The van der Waals surface area contributed by atoms with Gasteiger partial charge in [0.25, 0.3) is 5.91 Å². The first-order chi connectivity index (χ1) is 8.98. The van der Waals surface area contributed by atoms with E-state index in [2.05, 4.69) is 0 Å². The van der Waals surface area contributed by atoms with Crippen molar-refractivity contribution in [2.24, 2.45) is 0 Å². The molecule has 3 rings (SSSR count). The van der Waals surface area contributed by atoms with Crippen LogP contribution in [0, 0.1) is 0 Å². The lowest BCUT2D eigenvalue weighted by molar-refractivity contribution is -0.217. The fourth-order valence-corrected chi connectivity index (χ4v) is 2.66. The summed E-state index contributed by atoms with van der Waals surface area (Å²) in [4.78, 5) is 13.9. The van der Waals surface area contributed by atoms with E-state index in [0.29, 0.717) is 26.3 Å². The van der Waals surface area contributed by atoms with Gasteiger partial charge >= 0.3 is 0 Å². The maximum Gasteiger partial charge on any atom is 0.254 e. The minimum atomic E-state index is -0.998. The highest BCUT2D eigenvalue weighted by molar-refractivity contribution is 5.82. The number of fused-ring (bicyclic) bond motifs is 1. The van der Waals surface area contributed by atoms with E-state index >= 15 is 0 Å². The zero-order valence-corrected chi connectivity index (χ0v) is 11.1. The molecule has 3 aliphatic heterocycles. The van der Waals surface area contributed by atoms with Crippen molar-refractivity contribution in [1.82, 2.24) is 4.90 Å². The number of rotatable bonds is 1. The summed E-state index contributed by atoms with van der Waals surface area (Å²) in [5.74, 6) is -1.02. The molecule has 0 unspecified atom stereocenters. The van der Waals surface area contributed by atoms with Crippen molar-refractivity contribution < 1.29 is 28.8 Å². The minimum Gasteiger partial charge on any atom is -0.387 e. The molecule has 19 heavy (non-hydrogen) atoms. The van der Waals surface area contributed by atoms with E-state index in [9.17, 15) is 9.90 Å². The molecule has 108 valence electrons. The molecule has 0 aliphatic carbocycles. The summed E-state index contributed by atoms with van der Waals surface area (Å²) in [5, 5.41) is 10.2. The van der Waals surface area contributed by atoms with Gasteiger partial charge < -0.3 is 29.0 Å². The number of amides is 1. The van der Waals surface area contributed by atoms with Gasteiger partial charge in [0, 0.05) is 13.1 Å². The molecule has 3 fully saturated rings. The normalized spacial score (nSPS) is 41.3. The van der Waals surface area contributed by atoms with Gasteiger partial charge in [0.1, 0.15) is 12.2 Å². The van der Waals surface area contributed by atoms with Gasteiger partial charge in [0.05, 0.1) is 13.2 Å². The van der Waals surface area contributed by atoms with E-state index in [1.54, 1.807) is 18.7 Å². The second-order valence-electron chi connectivity index (χ2n) is 5.45. The Kier molecular flexibility index (Phi) is 3.26. The maximum absolute atomic E-state index is 12.3. The summed E-state index contributed by atoms with van der Waals surface area (Å²) in [6.07, 6.45) is -3.20. The lowest BCUT2D eigenvalue weighted by Crippen LogP contribution is -2.50. The highest BCUT2D eigenvalue weighted by Gasteiger charge is 2.56. The standard InChI is InChI=1S/C12H19NO6/c1-12(2)18-9-7(14)8(17-11(9)19-12)10(15)13-3-5-16-6-4-13/h7-9,11,14H,3-6H2,1-2H3/t7-,8-,9+,11-/m0/s1. The average molecular weight is 273 g/mol. The van der Waals surface area contributed by atoms with Gasteiger partial charge in [0.15, 0.2) is 18.2 Å². The molecular weight excluding hydrogens is 254 g/mol. The second-order valence-corrected chi connectivity index (χ2v) is 5.45. The number of morpholine rings is 1. The number of hydrogen-bond donors (Lipinski definition) is 1. The van der Waals surface area contributed by atoms with Crippen LogP contribution in [0.2, 0.25) is 0 Å². The van der Waals surface area contributed by atoms with Crippen molar-refractivity contribution in [3.8, 4) is 0 Å². The Hall–Kier alpha value is -0.730. The van der Waals surface area contributed by atoms with Crippen LogP contribution in [0.1, 0.15) is 13.8 Å². The first-order valence-corrected chi connectivity index (χ1v) is 6.54. The molecule has 1 N–H and O–H groups in total. The van der Waals surface area contributed by atoms with Crippen molar-refractivity contribution in [1.29, 1.82) is 0 Å². The van der Waals surface area contributed by atoms with Crippen LogP contribution in [0.25, 0.3) is 0 Å². The van der Waals surface area contributed by atoms with E-state index in [0.717, 1.165) is 0 Å². The SMILES string of the molecule is CC1(C)O[C@@H]2O[C@H](C(=O)N3CCOCC3)[C@H](O)[C@H]2O1. The van der Waals surface area contributed by atoms with Crippen LogP contribution < -0.4 is 0 Å². The number of carbonyl (C=O) groups excluding carboxylic acids is 1. The molecule has 7 nitrogen and oxygen atoms in total. The predicted molar refractivity (Wildman–Crippen MR) is 62.1 cm³/mol. The minimum absolute atomic E-state index is 0.227. The van der Waals surface area contributed by atoms with Crippen LogP contribution in [0.3, 0.4) is 0 Å². The molecule has 0 aromatic heterocycles. The Morgan fingerprint density at radius 1 is 1.26 bits per heavy atom. The summed E-state index contributed by atoms with van der Waals surface area (Å²) >= 11 is 0. The molecular formula is C12H19NO6. The van der Waals surface area contributed by atoms with Crippen molar-refractivity contribution in [2.75, 3.05) is 26.3 Å². The van der Waals surface area contributed by atoms with Crippen LogP contribution in [-0.4, -0.2) is 72.6 Å². The van der Waals surface area contributed by atoms with Crippen molar-refractivity contribution in [3.63, 3.8) is 0 Å². The van der Waals surface area contributed by atoms with Crippen molar-refractivity contribution in [3.05, 3.63) is 0 Å². The van der Waals surface area contributed by atoms with Gasteiger partial charge in [0.2, 0.25) is 0 Å². The molecule has 1 amide bonds. The molecule has 0 radical (unpaired) electrons. The molecule has 4 atom stereocenters. The van der Waals surface area contributed by atoms with Crippen LogP contribution in [0.4, 0.5) is 0 Å². The summed E-state index contributed by atoms with van der Waals surface area (Å²) in [6.45, 7) is 5.57. The highest BCUT2D eigenvalue weighted by Crippen LogP contribution is 2.37.